The van der Waals surface area contributed by atoms with E-state index in [2.05, 4.69) is 55.0 Å². The molecule has 7 nitrogen and oxygen atoms in total. The van der Waals surface area contributed by atoms with Gasteiger partial charge in [-0.1, -0.05) is 0 Å². The quantitative estimate of drug-likeness (QED) is 0.619. The predicted molar refractivity (Wildman–Crippen MR) is 98.2 cm³/mol. The van der Waals surface area contributed by atoms with Crippen LogP contribution in [0.3, 0.4) is 0 Å². The smallest absolute Gasteiger partial charge is 0.165 e. The van der Waals surface area contributed by atoms with Crippen molar-refractivity contribution in [3.63, 3.8) is 0 Å². The van der Waals surface area contributed by atoms with Gasteiger partial charge in [0.05, 0.1) is 11.4 Å². The molecule has 3 aromatic heterocycles. The largest absolute Gasteiger partial charge is 0.311 e. The molecule has 26 heavy (non-hydrogen) atoms. The molecule has 0 amide bonds. The number of nitrogens with zero attached hydrogens (tertiary/aromatic N) is 6. The van der Waals surface area contributed by atoms with Crippen molar-refractivity contribution in [1.29, 1.82) is 0 Å². The highest BCUT2D eigenvalue weighted by atomic mass is 15.3. The molecule has 0 atom stereocenters. The van der Waals surface area contributed by atoms with Crippen molar-refractivity contribution in [3.05, 3.63) is 66.9 Å². The van der Waals surface area contributed by atoms with Gasteiger partial charge in [0.1, 0.15) is 5.69 Å². The fourth-order valence-electron chi connectivity index (χ4n) is 3.36. The minimum absolute atomic E-state index is 0.853. The van der Waals surface area contributed by atoms with Crippen LogP contribution in [-0.4, -0.2) is 35.7 Å². The summed E-state index contributed by atoms with van der Waals surface area (Å²) in [7, 11) is 0. The second-order valence-corrected chi connectivity index (χ2v) is 6.36. The molecule has 7 heteroatoms. The lowest BCUT2D eigenvalue weighted by molar-refractivity contribution is 0.588. The maximum atomic E-state index is 4.78. The van der Waals surface area contributed by atoms with Gasteiger partial charge in [0, 0.05) is 43.6 Å². The molecule has 0 radical (unpaired) electrons. The Morgan fingerprint density at radius 3 is 2.73 bits per heavy atom. The van der Waals surface area contributed by atoms with Gasteiger partial charge in [0.2, 0.25) is 0 Å². The van der Waals surface area contributed by atoms with Gasteiger partial charge in [-0.05, 0) is 49.4 Å². The number of rotatable bonds is 3. The average molecular weight is 345 g/mol. The van der Waals surface area contributed by atoms with Crippen LogP contribution in [0.1, 0.15) is 12.1 Å². The van der Waals surface area contributed by atoms with E-state index in [4.69, 9.17) is 5.10 Å². The summed E-state index contributed by atoms with van der Waals surface area (Å²) in [5.74, 6) is 0.859. The van der Waals surface area contributed by atoms with Crippen LogP contribution in [0.5, 0.6) is 0 Å². The minimum atomic E-state index is 0.853. The Balaban J connectivity index is 1.50. The summed E-state index contributed by atoms with van der Waals surface area (Å²) in [6.07, 6.45) is 8.60. The van der Waals surface area contributed by atoms with E-state index >= 15 is 0 Å². The van der Waals surface area contributed by atoms with E-state index in [9.17, 15) is 0 Å². The van der Waals surface area contributed by atoms with Gasteiger partial charge in [0.25, 0.3) is 0 Å². The second kappa shape index (κ2) is 6.27. The third kappa shape index (κ3) is 2.62. The van der Waals surface area contributed by atoms with E-state index in [1.807, 2.05) is 29.3 Å². The van der Waals surface area contributed by atoms with Gasteiger partial charge >= 0.3 is 0 Å². The van der Waals surface area contributed by atoms with Crippen molar-refractivity contribution in [2.24, 2.45) is 0 Å². The highest BCUT2D eigenvalue weighted by molar-refractivity contribution is 5.55. The van der Waals surface area contributed by atoms with E-state index in [0.29, 0.717) is 0 Å². The first-order valence-electron chi connectivity index (χ1n) is 8.80. The van der Waals surface area contributed by atoms with E-state index < -0.39 is 0 Å². The summed E-state index contributed by atoms with van der Waals surface area (Å²) in [6.45, 7) is 2.84. The predicted octanol–water partition coefficient (Wildman–Crippen LogP) is 2.41. The summed E-state index contributed by atoms with van der Waals surface area (Å²) >= 11 is 0. The first-order valence-corrected chi connectivity index (χ1v) is 8.80. The molecule has 1 aliphatic heterocycles. The molecule has 1 aliphatic rings. The molecule has 0 spiro atoms. The summed E-state index contributed by atoms with van der Waals surface area (Å²) in [5, 5.41) is 12.5. The molecule has 1 N–H and O–H groups in total. The van der Waals surface area contributed by atoms with E-state index in [0.717, 1.165) is 48.9 Å². The standard InChI is InChI=1S/C19H19N7/c1-7-20-14-17-13-18(23-26(17)11-1)19-21-9-12-24(19)15-3-5-16(6-4-15)25-10-2-8-22-25/h2-6,8-10,12-13,20H,1,7,11,14H2. The van der Waals surface area contributed by atoms with Crippen molar-refractivity contribution in [2.45, 2.75) is 19.5 Å². The van der Waals surface area contributed by atoms with Gasteiger partial charge in [-0.15, -0.1) is 0 Å². The van der Waals surface area contributed by atoms with E-state index in [1.165, 1.54) is 5.69 Å². The highest BCUT2D eigenvalue weighted by Crippen LogP contribution is 2.23. The second-order valence-electron chi connectivity index (χ2n) is 6.36. The topological polar surface area (TPSA) is 65.5 Å². The van der Waals surface area contributed by atoms with Crippen LogP contribution in [0.15, 0.2) is 61.2 Å². The Morgan fingerprint density at radius 2 is 1.88 bits per heavy atom. The van der Waals surface area contributed by atoms with Gasteiger partial charge < -0.3 is 5.32 Å². The zero-order valence-electron chi connectivity index (χ0n) is 14.3. The Morgan fingerprint density at radius 1 is 1.00 bits per heavy atom. The van der Waals surface area contributed by atoms with Crippen molar-refractivity contribution >= 4 is 0 Å². The Bertz CT molecular complexity index is 985. The summed E-state index contributed by atoms with van der Waals surface area (Å²) in [5.41, 5.74) is 4.20. The zero-order valence-corrected chi connectivity index (χ0v) is 14.3. The SMILES string of the molecule is c1cnn(-c2ccc(-n3ccnc3-c3cc4n(n3)CCCNC4)cc2)c1. The maximum Gasteiger partial charge on any atom is 0.165 e. The number of aromatic nitrogens is 6. The highest BCUT2D eigenvalue weighted by Gasteiger charge is 2.16. The number of hydrogen-bond acceptors (Lipinski definition) is 4. The van der Waals surface area contributed by atoms with Crippen LogP contribution in [-0.2, 0) is 13.1 Å². The lowest BCUT2D eigenvalue weighted by Crippen LogP contribution is -2.11. The normalized spacial score (nSPS) is 14.2. The molecule has 0 saturated heterocycles. The number of imidazole rings is 1. The van der Waals surface area contributed by atoms with Crippen molar-refractivity contribution < 1.29 is 0 Å². The van der Waals surface area contributed by atoms with Crippen molar-refractivity contribution in [3.8, 4) is 22.9 Å². The van der Waals surface area contributed by atoms with Gasteiger partial charge in [-0.2, -0.15) is 10.2 Å². The molecule has 0 saturated carbocycles. The summed E-state index contributed by atoms with van der Waals surface area (Å²) in [6, 6.07) is 12.3. The summed E-state index contributed by atoms with van der Waals surface area (Å²) in [4.78, 5) is 4.55. The van der Waals surface area contributed by atoms with Crippen LogP contribution >= 0.6 is 0 Å². The van der Waals surface area contributed by atoms with Crippen LogP contribution in [0, 0.1) is 0 Å². The molecular formula is C19H19N7. The molecule has 4 heterocycles. The van der Waals surface area contributed by atoms with Crippen LogP contribution in [0.4, 0.5) is 0 Å². The number of hydrogen-bond donors (Lipinski definition) is 1. The van der Waals surface area contributed by atoms with Gasteiger partial charge in [0.15, 0.2) is 5.82 Å². The third-order valence-corrected chi connectivity index (χ3v) is 4.66. The van der Waals surface area contributed by atoms with Gasteiger partial charge in [-0.3, -0.25) is 9.25 Å². The Hall–Kier alpha value is -3.19. The first-order chi connectivity index (χ1) is 12.9. The first kappa shape index (κ1) is 15.1. The maximum absolute atomic E-state index is 4.78. The lowest BCUT2D eigenvalue weighted by Gasteiger charge is -2.08. The van der Waals surface area contributed by atoms with Crippen LogP contribution < -0.4 is 5.32 Å². The number of benzene rings is 1. The molecule has 0 bridgehead atoms. The van der Waals surface area contributed by atoms with Crippen LogP contribution in [0.25, 0.3) is 22.9 Å². The molecule has 0 fully saturated rings. The Kier molecular flexibility index (Phi) is 3.64. The molecule has 5 rings (SSSR count). The number of aryl methyl sites for hydroxylation is 1. The molecule has 4 aromatic rings. The van der Waals surface area contributed by atoms with Crippen molar-refractivity contribution in [1.82, 2.24) is 34.4 Å². The fraction of sp³-hybridized carbons (Fsp3) is 0.211. The van der Waals surface area contributed by atoms with Crippen LogP contribution in [0.2, 0.25) is 0 Å². The van der Waals surface area contributed by atoms with Gasteiger partial charge in [-0.25, -0.2) is 9.67 Å². The van der Waals surface area contributed by atoms with E-state index in [-0.39, 0.29) is 0 Å². The lowest BCUT2D eigenvalue weighted by atomic mass is 10.2. The van der Waals surface area contributed by atoms with E-state index in [1.54, 1.807) is 6.20 Å². The van der Waals surface area contributed by atoms with Crippen molar-refractivity contribution in [2.75, 3.05) is 6.54 Å². The minimum Gasteiger partial charge on any atom is -0.311 e. The third-order valence-electron chi connectivity index (χ3n) is 4.66. The average Bonchev–Trinajstić information content (AvgIpc) is 3.41. The number of fused-ring (bicyclic) bond motifs is 1. The molecule has 130 valence electrons. The summed E-state index contributed by atoms with van der Waals surface area (Å²) < 4.78 is 6.01. The molecule has 1 aromatic carbocycles. The fourth-order valence-corrected chi connectivity index (χ4v) is 3.36. The molecule has 0 aliphatic carbocycles. The Labute approximate surface area is 150 Å². The monoisotopic (exact) mass is 345 g/mol. The number of nitrogens with one attached hydrogen (secondary N) is 1. The molecule has 0 unspecified atom stereocenters. The zero-order chi connectivity index (χ0) is 17.3. The molecular weight excluding hydrogens is 326 g/mol.